The quantitative estimate of drug-likeness (QED) is 0.220. The maximum absolute atomic E-state index is 6.69. The molecule has 2 heterocycles. The van der Waals surface area contributed by atoms with Gasteiger partial charge in [-0.25, -0.2) is 0 Å². The van der Waals surface area contributed by atoms with Crippen molar-refractivity contribution >= 4 is 42.7 Å². The number of aryl methyl sites for hydroxylation is 1. The van der Waals surface area contributed by atoms with Crippen LogP contribution in [0.3, 0.4) is 0 Å². The molecule has 0 N–H and O–H groups in total. The Kier molecular flexibility index (Phi) is 6.93. The number of unbranched alkanes of at least 4 members (excludes halogenated alkanes) is 1. The van der Waals surface area contributed by atoms with E-state index in [0.29, 0.717) is 0 Å². The van der Waals surface area contributed by atoms with Crippen LogP contribution in [-0.2, 0) is 6.42 Å². The topological polar surface area (TPSA) is 31.4 Å². The molecule has 4 aromatic rings. The van der Waals surface area contributed by atoms with E-state index in [1.165, 1.54) is 59.0 Å². The summed E-state index contributed by atoms with van der Waals surface area (Å²) in [5.74, 6) is 2.78. The Bertz CT molecular complexity index is 1250. The van der Waals surface area contributed by atoms with Gasteiger partial charge < -0.3 is 0 Å². The molecule has 0 spiro atoms. The van der Waals surface area contributed by atoms with Crippen LogP contribution in [0.25, 0.3) is 21.7 Å². The number of hydrogen-bond donors (Lipinski definition) is 0. The van der Waals surface area contributed by atoms with Crippen LogP contribution < -0.4 is 11.2 Å². The fourth-order valence-electron chi connectivity index (χ4n) is 5.12. The van der Waals surface area contributed by atoms with E-state index in [0.717, 1.165) is 34.7 Å². The third kappa shape index (κ3) is 4.64. The zero-order valence-corrected chi connectivity index (χ0v) is 22.1. The molecule has 0 aliphatic carbocycles. The summed E-state index contributed by atoms with van der Waals surface area (Å²) in [6.45, 7) is 4.62. The van der Waals surface area contributed by atoms with E-state index in [4.69, 9.17) is 7.06 Å². The van der Waals surface area contributed by atoms with Gasteiger partial charge in [0.05, 0.1) is 0 Å². The Morgan fingerprint density at radius 1 is 0.909 bits per heavy atom. The third-order valence-electron chi connectivity index (χ3n) is 7.02. The molecule has 3 nitrogen and oxygen atoms in total. The van der Waals surface area contributed by atoms with Crippen LogP contribution in [0.1, 0.15) is 57.9 Å². The second kappa shape index (κ2) is 10.2. The number of hydrogen-bond acceptors (Lipinski definition) is 3. The Morgan fingerprint density at radius 3 is 2.61 bits per heavy atom. The van der Waals surface area contributed by atoms with Gasteiger partial charge in [0, 0.05) is 0 Å². The average Bonchev–Trinajstić information content (AvgIpc) is 3.22. The van der Waals surface area contributed by atoms with E-state index >= 15 is 0 Å². The molecule has 0 radical (unpaired) electrons. The Morgan fingerprint density at radius 2 is 1.73 bits per heavy atom. The molecule has 0 fully saturated rings. The average molecular weight is 496 g/mol. The second-order valence-corrected chi connectivity index (χ2v) is 12.9. The van der Waals surface area contributed by atoms with E-state index < -0.39 is 16.9 Å². The molecule has 1 aromatic heterocycles. The molecule has 0 amide bonds. The van der Waals surface area contributed by atoms with Crippen LogP contribution in [0, 0.1) is 5.92 Å². The van der Waals surface area contributed by atoms with Gasteiger partial charge in [0.25, 0.3) is 0 Å². The molecular weight excluding hydrogens is 464 g/mol. The predicted octanol–water partition coefficient (Wildman–Crippen LogP) is 7.09. The summed E-state index contributed by atoms with van der Waals surface area (Å²) in [4.78, 5) is 4.57. The van der Waals surface area contributed by atoms with Crippen molar-refractivity contribution in [2.75, 3.05) is 0 Å². The summed E-state index contributed by atoms with van der Waals surface area (Å²) < 4.78 is 14.6. The van der Waals surface area contributed by atoms with Gasteiger partial charge in [0.2, 0.25) is 0 Å². The molecule has 1 atom stereocenters. The standard InChI is InChI=1S/C20H27O.C9H7NO.Ga/c1-3-5-9-16(4-2)10-8-12-18-15-14-17-11-6-7-13-19(17)20(18)21;11-8-5-1-3-7-4-2-6-10-9(7)8;/h6-7,11,14-16,21H,3-5,8-10,12H2,1-2H3;1-6,11H;/q;;+2/p-2. The summed E-state index contributed by atoms with van der Waals surface area (Å²) in [6.07, 6.45) is 10.7. The van der Waals surface area contributed by atoms with Crippen LogP contribution in [0.15, 0.2) is 66.9 Å². The molecule has 1 unspecified atom stereocenters. The molecular formula is C29H32GaNO2. The first kappa shape index (κ1) is 22.4. The van der Waals surface area contributed by atoms with Crippen molar-refractivity contribution < 1.29 is 7.06 Å². The molecule has 33 heavy (non-hydrogen) atoms. The van der Waals surface area contributed by atoms with Crippen molar-refractivity contribution in [3.63, 3.8) is 0 Å². The van der Waals surface area contributed by atoms with Crippen molar-refractivity contribution in [3.05, 3.63) is 72.4 Å². The zero-order valence-electron chi connectivity index (χ0n) is 19.7. The number of aromatic nitrogens is 1. The molecule has 168 valence electrons. The molecule has 1 aliphatic rings. The number of rotatable bonds is 10. The molecule has 5 rings (SSSR count). The van der Waals surface area contributed by atoms with E-state index in [1.807, 2.05) is 24.4 Å². The summed E-state index contributed by atoms with van der Waals surface area (Å²) >= 11 is -2.71. The molecule has 4 heteroatoms. The second-order valence-electron chi connectivity index (χ2n) is 9.21. The van der Waals surface area contributed by atoms with Gasteiger partial charge in [-0.3, -0.25) is 0 Å². The van der Waals surface area contributed by atoms with Gasteiger partial charge in [-0.05, 0) is 0 Å². The molecule has 0 bridgehead atoms. The Hall–Kier alpha value is -2.43. The number of para-hydroxylation sites is 1. The number of fused-ring (bicyclic) bond motifs is 1. The van der Waals surface area contributed by atoms with Gasteiger partial charge in [-0.2, -0.15) is 0 Å². The van der Waals surface area contributed by atoms with Crippen molar-refractivity contribution in [1.82, 2.24) is 4.98 Å². The van der Waals surface area contributed by atoms with E-state index in [9.17, 15) is 0 Å². The summed E-state index contributed by atoms with van der Waals surface area (Å²) in [6, 6.07) is 21.3. The maximum atomic E-state index is 6.69. The fourth-order valence-corrected chi connectivity index (χ4v) is 9.33. The molecule has 0 saturated carbocycles. The van der Waals surface area contributed by atoms with Crippen LogP contribution in [0.4, 0.5) is 0 Å². The van der Waals surface area contributed by atoms with Gasteiger partial charge in [0.1, 0.15) is 0 Å². The SMILES string of the molecule is CCCCC(CC)CCCc1ccc2ccc[c]3c2c1[O][Ga]3[O]c1cccc2cccnc12. The van der Waals surface area contributed by atoms with Gasteiger partial charge in [0.15, 0.2) is 0 Å². The molecule has 0 saturated heterocycles. The van der Waals surface area contributed by atoms with E-state index in [2.05, 4.69) is 61.3 Å². The monoisotopic (exact) mass is 495 g/mol. The Labute approximate surface area is 203 Å². The first-order valence-electron chi connectivity index (χ1n) is 12.5. The molecule has 3 aromatic carbocycles. The fraction of sp³-hybridized carbons (Fsp3) is 0.345. The molecule has 1 aliphatic heterocycles. The first-order valence-corrected chi connectivity index (χ1v) is 15.7. The summed E-state index contributed by atoms with van der Waals surface area (Å²) in [5, 5.41) is 3.64. The van der Waals surface area contributed by atoms with Gasteiger partial charge >= 0.3 is 203 Å². The van der Waals surface area contributed by atoms with Crippen molar-refractivity contribution in [3.8, 4) is 11.5 Å². The third-order valence-corrected chi connectivity index (χ3v) is 11.0. The van der Waals surface area contributed by atoms with Crippen LogP contribution in [0.2, 0.25) is 0 Å². The number of nitrogens with zero attached hydrogens (tertiary/aromatic N) is 1. The Balaban J connectivity index is 1.38. The zero-order chi connectivity index (χ0) is 22.6. The normalized spacial score (nSPS) is 13.5. The predicted molar refractivity (Wildman–Crippen MR) is 139 cm³/mol. The van der Waals surface area contributed by atoms with Crippen LogP contribution in [-0.4, -0.2) is 21.9 Å². The van der Waals surface area contributed by atoms with E-state index in [1.54, 1.807) is 0 Å². The minimum absolute atomic E-state index is 0.839. The first-order chi connectivity index (χ1) is 16.3. The van der Waals surface area contributed by atoms with Gasteiger partial charge in [-0.15, -0.1) is 0 Å². The van der Waals surface area contributed by atoms with Crippen LogP contribution in [0.5, 0.6) is 11.5 Å². The van der Waals surface area contributed by atoms with Crippen LogP contribution >= 0.6 is 0 Å². The number of pyridine rings is 1. The van der Waals surface area contributed by atoms with Crippen molar-refractivity contribution in [2.24, 2.45) is 5.92 Å². The minimum atomic E-state index is -2.71. The summed E-state index contributed by atoms with van der Waals surface area (Å²) in [5.41, 5.74) is 2.25. The summed E-state index contributed by atoms with van der Waals surface area (Å²) in [7, 11) is 0. The van der Waals surface area contributed by atoms with Crippen molar-refractivity contribution in [2.45, 2.75) is 58.8 Å². The van der Waals surface area contributed by atoms with Gasteiger partial charge in [-0.1, -0.05) is 0 Å². The van der Waals surface area contributed by atoms with Crippen molar-refractivity contribution in [1.29, 1.82) is 0 Å². The van der Waals surface area contributed by atoms with E-state index in [-0.39, 0.29) is 0 Å². The number of benzene rings is 3.